The van der Waals surface area contributed by atoms with Crippen molar-refractivity contribution in [2.75, 3.05) is 17.1 Å². The summed E-state index contributed by atoms with van der Waals surface area (Å²) < 4.78 is 40.9. The molecule has 0 unspecified atom stereocenters. The average molecular weight is 619 g/mol. The van der Waals surface area contributed by atoms with Gasteiger partial charge in [-0.15, -0.1) is 0 Å². The molecule has 0 spiro atoms. The molecule has 3 aromatic carbocycles. The van der Waals surface area contributed by atoms with E-state index in [9.17, 15) is 22.4 Å². The summed E-state index contributed by atoms with van der Waals surface area (Å²) in [5, 5.41) is 2.97. The highest BCUT2D eigenvalue weighted by atomic mass is 79.9. The van der Waals surface area contributed by atoms with E-state index in [-0.39, 0.29) is 24.9 Å². The van der Waals surface area contributed by atoms with Gasteiger partial charge in [-0.3, -0.25) is 13.9 Å². The van der Waals surface area contributed by atoms with E-state index in [0.29, 0.717) is 22.1 Å². The molecule has 0 radical (unpaired) electrons. The van der Waals surface area contributed by atoms with Crippen LogP contribution in [-0.2, 0) is 32.6 Å². The van der Waals surface area contributed by atoms with Crippen molar-refractivity contribution in [1.29, 1.82) is 0 Å². The minimum atomic E-state index is -3.85. The van der Waals surface area contributed by atoms with E-state index in [4.69, 9.17) is 0 Å². The van der Waals surface area contributed by atoms with Gasteiger partial charge < -0.3 is 10.2 Å². The summed E-state index contributed by atoms with van der Waals surface area (Å²) in [6, 6.07) is 20.5. The number of carbonyl (C=O) groups is 2. The molecule has 208 valence electrons. The number of benzene rings is 3. The van der Waals surface area contributed by atoms with E-state index < -0.39 is 34.3 Å². The van der Waals surface area contributed by atoms with Crippen LogP contribution >= 0.6 is 15.9 Å². The van der Waals surface area contributed by atoms with Gasteiger partial charge in [-0.1, -0.05) is 71.4 Å². The first-order valence-corrected chi connectivity index (χ1v) is 15.2. The van der Waals surface area contributed by atoms with E-state index in [0.717, 1.165) is 16.1 Å². The topological polar surface area (TPSA) is 86.8 Å². The predicted molar refractivity (Wildman–Crippen MR) is 155 cm³/mol. The Labute approximate surface area is 238 Å². The average Bonchev–Trinajstić information content (AvgIpc) is 2.90. The molecule has 10 heteroatoms. The van der Waals surface area contributed by atoms with Crippen molar-refractivity contribution in [2.45, 2.75) is 45.3 Å². The molecule has 39 heavy (non-hydrogen) atoms. The second-order valence-electron chi connectivity index (χ2n) is 9.42. The van der Waals surface area contributed by atoms with Crippen LogP contribution in [0.2, 0.25) is 0 Å². The molecule has 2 amide bonds. The molecule has 1 N–H and O–H groups in total. The van der Waals surface area contributed by atoms with Crippen molar-refractivity contribution in [3.63, 3.8) is 0 Å². The zero-order valence-corrected chi connectivity index (χ0v) is 24.6. The van der Waals surface area contributed by atoms with Gasteiger partial charge in [-0.25, -0.2) is 12.8 Å². The SMILES string of the molecule is CC[C@H](C)NC(=O)[C@H](Cc1ccccc1)N(Cc1ccc(F)cc1)C(=O)CN(c1cccc(Br)c1)S(C)(=O)=O. The van der Waals surface area contributed by atoms with Crippen LogP contribution in [0.1, 0.15) is 31.4 Å². The lowest BCUT2D eigenvalue weighted by Crippen LogP contribution is -2.54. The van der Waals surface area contributed by atoms with E-state index >= 15 is 0 Å². The van der Waals surface area contributed by atoms with Gasteiger partial charge in [-0.05, 0) is 54.8 Å². The van der Waals surface area contributed by atoms with Gasteiger partial charge >= 0.3 is 0 Å². The van der Waals surface area contributed by atoms with Crippen molar-refractivity contribution < 1.29 is 22.4 Å². The second kappa shape index (κ2) is 13.7. The van der Waals surface area contributed by atoms with Crippen LogP contribution in [0.5, 0.6) is 0 Å². The van der Waals surface area contributed by atoms with Crippen LogP contribution < -0.4 is 9.62 Å². The molecule has 0 heterocycles. The fourth-order valence-corrected chi connectivity index (χ4v) is 5.26. The van der Waals surface area contributed by atoms with Crippen molar-refractivity contribution in [1.82, 2.24) is 10.2 Å². The number of anilines is 1. The zero-order chi connectivity index (χ0) is 28.6. The summed E-state index contributed by atoms with van der Waals surface area (Å²) in [7, 11) is -3.85. The Bertz CT molecular complexity index is 1370. The van der Waals surface area contributed by atoms with Crippen LogP contribution in [0.15, 0.2) is 83.3 Å². The molecule has 0 fully saturated rings. The molecule has 0 bridgehead atoms. The number of hydrogen-bond acceptors (Lipinski definition) is 4. The van der Waals surface area contributed by atoms with E-state index in [1.807, 2.05) is 44.2 Å². The Kier molecular flexibility index (Phi) is 10.7. The largest absolute Gasteiger partial charge is 0.352 e. The first-order valence-electron chi connectivity index (χ1n) is 12.6. The van der Waals surface area contributed by atoms with Crippen LogP contribution in [0.4, 0.5) is 10.1 Å². The first-order chi connectivity index (χ1) is 18.5. The second-order valence-corrected chi connectivity index (χ2v) is 12.2. The molecule has 0 aromatic heterocycles. The van der Waals surface area contributed by atoms with Gasteiger partial charge in [0, 0.05) is 23.5 Å². The number of sulfonamides is 1. The highest BCUT2D eigenvalue weighted by Crippen LogP contribution is 2.23. The summed E-state index contributed by atoms with van der Waals surface area (Å²) in [4.78, 5) is 29.0. The lowest BCUT2D eigenvalue weighted by Gasteiger charge is -2.34. The molecule has 2 atom stereocenters. The van der Waals surface area contributed by atoms with Gasteiger partial charge in [0.2, 0.25) is 21.8 Å². The highest BCUT2D eigenvalue weighted by molar-refractivity contribution is 9.10. The van der Waals surface area contributed by atoms with Gasteiger partial charge in [-0.2, -0.15) is 0 Å². The third kappa shape index (κ3) is 8.90. The molecule has 3 rings (SSSR count). The zero-order valence-electron chi connectivity index (χ0n) is 22.2. The maximum atomic E-state index is 14.0. The van der Waals surface area contributed by atoms with Crippen molar-refractivity contribution in [3.05, 3.63) is 100 Å². The number of halogens is 2. The number of rotatable bonds is 12. The standard InChI is InChI=1S/C29H33BrFN3O4S/c1-4-21(2)32-29(36)27(17-22-9-6-5-7-10-22)33(19-23-13-15-25(31)16-14-23)28(35)20-34(39(3,37)38)26-12-8-11-24(30)18-26/h5-16,18,21,27H,4,17,19-20H2,1-3H3,(H,32,36)/t21-,27-/m0/s1. The minimum Gasteiger partial charge on any atom is -0.352 e. The molecule has 7 nitrogen and oxygen atoms in total. The van der Waals surface area contributed by atoms with Crippen molar-refractivity contribution in [3.8, 4) is 0 Å². The van der Waals surface area contributed by atoms with Gasteiger partial charge in [0.15, 0.2) is 0 Å². The molecule has 0 saturated carbocycles. The number of amides is 2. The van der Waals surface area contributed by atoms with Crippen molar-refractivity contribution >= 4 is 43.5 Å². The summed E-state index contributed by atoms with van der Waals surface area (Å²) in [5.41, 5.74) is 1.75. The third-order valence-electron chi connectivity index (χ3n) is 6.31. The number of hydrogen-bond donors (Lipinski definition) is 1. The quantitative estimate of drug-likeness (QED) is 0.313. The van der Waals surface area contributed by atoms with E-state index in [1.165, 1.54) is 17.0 Å². The molecule has 0 aliphatic heterocycles. The van der Waals surface area contributed by atoms with Crippen LogP contribution in [0.25, 0.3) is 0 Å². The fraction of sp³-hybridized carbons (Fsp3) is 0.310. The number of nitrogens with one attached hydrogen (secondary N) is 1. The third-order valence-corrected chi connectivity index (χ3v) is 7.95. The normalized spacial score (nSPS) is 12.8. The fourth-order valence-electron chi connectivity index (χ4n) is 4.03. The van der Waals surface area contributed by atoms with Crippen LogP contribution in [0.3, 0.4) is 0 Å². The highest BCUT2D eigenvalue weighted by Gasteiger charge is 2.33. The Morgan fingerprint density at radius 3 is 2.23 bits per heavy atom. The molecular weight excluding hydrogens is 585 g/mol. The minimum absolute atomic E-state index is 0.0133. The molecule has 0 saturated heterocycles. The van der Waals surface area contributed by atoms with Crippen LogP contribution in [0, 0.1) is 5.82 Å². The van der Waals surface area contributed by atoms with Crippen molar-refractivity contribution in [2.24, 2.45) is 0 Å². The van der Waals surface area contributed by atoms with Gasteiger partial charge in [0.05, 0.1) is 11.9 Å². The van der Waals surface area contributed by atoms with E-state index in [2.05, 4.69) is 21.2 Å². The lowest BCUT2D eigenvalue weighted by molar-refractivity contribution is -0.140. The predicted octanol–water partition coefficient (Wildman–Crippen LogP) is 4.91. The molecular formula is C29H33BrFN3O4S. The Morgan fingerprint density at radius 1 is 0.974 bits per heavy atom. The maximum absolute atomic E-state index is 14.0. The Balaban J connectivity index is 2.05. The molecule has 0 aliphatic carbocycles. The van der Waals surface area contributed by atoms with Gasteiger partial charge in [0.25, 0.3) is 0 Å². The Morgan fingerprint density at radius 2 is 1.64 bits per heavy atom. The lowest BCUT2D eigenvalue weighted by atomic mass is 10.0. The number of nitrogens with zero attached hydrogens (tertiary/aromatic N) is 2. The summed E-state index contributed by atoms with van der Waals surface area (Å²) in [6.07, 6.45) is 1.94. The Hall–Kier alpha value is -3.24. The smallest absolute Gasteiger partial charge is 0.244 e. The molecule has 0 aliphatic rings. The van der Waals surface area contributed by atoms with Gasteiger partial charge in [0.1, 0.15) is 18.4 Å². The first kappa shape index (κ1) is 30.3. The summed E-state index contributed by atoms with van der Waals surface area (Å²) in [6.45, 7) is 3.29. The number of carbonyl (C=O) groups excluding carboxylic acids is 2. The monoisotopic (exact) mass is 617 g/mol. The maximum Gasteiger partial charge on any atom is 0.244 e. The van der Waals surface area contributed by atoms with Crippen LogP contribution in [-0.4, -0.2) is 50.0 Å². The summed E-state index contributed by atoms with van der Waals surface area (Å²) >= 11 is 3.35. The van der Waals surface area contributed by atoms with E-state index in [1.54, 1.807) is 36.4 Å². The molecule has 3 aromatic rings. The summed E-state index contributed by atoms with van der Waals surface area (Å²) in [5.74, 6) is -1.34.